The number of hydrogen-bond donors (Lipinski definition) is 1. The van der Waals surface area contributed by atoms with Crippen molar-refractivity contribution in [2.45, 2.75) is 27.2 Å². The van der Waals surface area contributed by atoms with Crippen LogP contribution < -0.4 is 10.6 Å². The van der Waals surface area contributed by atoms with Crippen LogP contribution in [0.3, 0.4) is 0 Å². The van der Waals surface area contributed by atoms with Gasteiger partial charge in [-0.1, -0.05) is 32.4 Å². The van der Waals surface area contributed by atoms with Gasteiger partial charge in [0.1, 0.15) is 6.07 Å². The molecule has 1 aromatic carbocycles. The van der Waals surface area contributed by atoms with Gasteiger partial charge in [0.15, 0.2) is 0 Å². The van der Waals surface area contributed by atoms with E-state index in [2.05, 4.69) is 31.7 Å². The predicted molar refractivity (Wildman–Crippen MR) is 81.5 cm³/mol. The first-order valence-corrected chi connectivity index (χ1v) is 6.96. The molecule has 0 heterocycles. The van der Waals surface area contributed by atoms with Crippen LogP contribution in [0.1, 0.15) is 32.8 Å². The van der Waals surface area contributed by atoms with Crippen molar-refractivity contribution in [2.24, 2.45) is 11.1 Å². The average Bonchev–Trinajstić information content (AvgIpc) is 2.38. The monoisotopic (exact) mass is 279 g/mol. The van der Waals surface area contributed by atoms with Gasteiger partial charge >= 0.3 is 0 Å². The van der Waals surface area contributed by atoms with E-state index in [0.717, 1.165) is 25.2 Å². The number of benzene rings is 1. The van der Waals surface area contributed by atoms with E-state index in [1.165, 1.54) is 0 Å². The maximum absolute atomic E-state index is 8.91. The second-order valence-corrected chi connectivity index (χ2v) is 5.97. The number of hydrogen-bond acceptors (Lipinski definition) is 3. The van der Waals surface area contributed by atoms with Crippen molar-refractivity contribution in [3.8, 4) is 6.07 Å². The lowest BCUT2D eigenvalue weighted by atomic mass is 9.92. The van der Waals surface area contributed by atoms with E-state index >= 15 is 0 Å². The Labute approximate surface area is 121 Å². The quantitative estimate of drug-likeness (QED) is 0.868. The third-order valence-electron chi connectivity index (χ3n) is 3.10. The van der Waals surface area contributed by atoms with Crippen molar-refractivity contribution in [1.29, 1.82) is 5.26 Å². The maximum Gasteiger partial charge on any atom is 0.101 e. The van der Waals surface area contributed by atoms with Gasteiger partial charge < -0.3 is 10.6 Å². The normalized spacial score (nSPS) is 11.2. The summed E-state index contributed by atoms with van der Waals surface area (Å²) < 4.78 is 0. The van der Waals surface area contributed by atoms with Gasteiger partial charge in [0, 0.05) is 18.8 Å². The summed E-state index contributed by atoms with van der Waals surface area (Å²) in [5, 5.41) is 9.42. The van der Waals surface area contributed by atoms with E-state index < -0.39 is 0 Å². The topological polar surface area (TPSA) is 53.0 Å². The fraction of sp³-hybridized carbons (Fsp3) is 0.533. The highest BCUT2D eigenvalue weighted by atomic mass is 35.5. The van der Waals surface area contributed by atoms with Gasteiger partial charge in [-0.3, -0.25) is 0 Å². The third kappa shape index (κ3) is 4.41. The van der Waals surface area contributed by atoms with Gasteiger partial charge in [0.25, 0.3) is 0 Å². The average molecular weight is 280 g/mol. The van der Waals surface area contributed by atoms with E-state index in [4.69, 9.17) is 22.6 Å². The molecule has 0 aliphatic carbocycles. The Morgan fingerprint density at radius 3 is 2.58 bits per heavy atom. The smallest absolute Gasteiger partial charge is 0.101 e. The van der Waals surface area contributed by atoms with E-state index in [0.29, 0.717) is 17.1 Å². The van der Waals surface area contributed by atoms with Crippen LogP contribution >= 0.6 is 11.6 Å². The SMILES string of the molecule is CCCN(CC(C)(C)CN)c1ccc(C#N)c(Cl)c1. The first-order valence-electron chi connectivity index (χ1n) is 6.58. The molecule has 1 rings (SSSR count). The molecule has 4 heteroatoms. The summed E-state index contributed by atoms with van der Waals surface area (Å²) in [5.41, 5.74) is 7.42. The summed E-state index contributed by atoms with van der Waals surface area (Å²) in [7, 11) is 0. The Morgan fingerprint density at radius 1 is 1.42 bits per heavy atom. The van der Waals surface area contributed by atoms with Gasteiger partial charge in [0.2, 0.25) is 0 Å². The molecule has 0 atom stereocenters. The molecule has 0 spiro atoms. The Hall–Kier alpha value is -1.24. The molecule has 0 amide bonds. The molecule has 19 heavy (non-hydrogen) atoms. The van der Waals surface area contributed by atoms with Crippen LogP contribution in [0.5, 0.6) is 0 Å². The summed E-state index contributed by atoms with van der Waals surface area (Å²) >= 11 is 6.11. The number of rotatable bonds is 6. The fourth-order valence-corrected chi connectivity index (χ4v) is 2.16. The summed E-state index contributed by atoms with van der Waals surface area (Å²) in [6.07, 6.45) is 1.05. The van der Waals surface area contributed by atoms with Crippen LogP contribution in [0.15, 0.2) is 18.2 Å². The zero-order valence-electron chi connectivity index (χ0n) is 11.9. The molecule has 0 bridgehead atoms. The van der Waals surface area contributed by atoms with Crippen molar-refractivity contribution in [1.82, 2.24) is 0 Å². The molecular formula is C15H22ClN3. The highest BCUT2D eigenvalue weighted by Crippen LogP contribution is 2.26. The van der Waals surface area contributed by atoms with Crippen molar-refractivity contribution in [3.05, 3.63) is 28.8 Å². The molecule has 0 saturated heterocycles. The van der Waals surface area contributed by atoms with Crippen molar-refractivity contribution < 1.29 is 0 Å². The highest BCUT2D eigenvalue weighted by Gasteiger charge is 2.20. The van der Waals surface area contributed by atoms with Gasteiger partial charge in [-0.25, -0.2) is 0 Å². The highest BCUT2D eigenvalue weighted by molar-refractivity contribution is 6.32. The largest absolute Gasteiger partial charge is 0.371 e. The molecule has 104 valence electrons. The van der Waals surface area contributed by atoms with Crippen LogP contribution in [0, 0.1) is 16.7 Å². The lowest BCUT2D eigenvalue weighted by Crippen LogP contribution is -2.39. The predicted octanol–water partition coefficient (Wildman–Crippen LogP) is 3.41. The van der Waals surface area contributed by atoms with Gasteiger partial charge in [-0.05, 0) is 36.6 Å². The van der Waals surface area contributed by atoms with E-state index in [9.17, 15) is 0 Å². The first-order chi connectivity index (χ1) is 8.93. The standard InChI is InChI=1S/C15H22ClN3/c1-4-7-19(11-15(2,3)10-18)13-6-5-12(9-17)14(16)8-13/h5-6,8H,4,7,10-11,18H2,1-3H3. The van der Waals surface area contributed by atoms with Gasteiger partial charge in [-0.2, -0.15) is 5.26 Å². The Morgan fingerprint density at radius 2 is 2.11 bits per heavy atom. The van der Waals surface area contributed by atoms with Crippen LogP contribution in [0.4, 0.5) is 5.69 Å². The summed E-state index contributed by atoms with van der Waals surface area (Å²) in [6.45, 7) is 8.91. The molecule has 0 radical (unpaired) electrons. The molecule has 2 N–H and O–H groups in total. The van der Waals surface area contributed by atoms with E-state index in [1.54, 1.807) is 6.07 Å². The molecule has 0 saturated carbocycles. The number of nitriles is 1. The molecule has 0 aromatic heterocycles. The molecule has 1 aromatic rings. The number of halogens is 1. The number of anilines is 1. The number of nitrogens with zero attached hydrogens (tertiary/aromatic N) is 2. The summed E-state index contributed by atoms with van der Waals surface area (Å²) in [6, 6.07) is 7.67. The Bertz CT molecular complexity index is 463. The molecular weight excluding hydrogens is 258 g/mol. The van der Waals surface area contributed by atoms with Crippen LogP contribution in [-0.2, 0) is 0 Å². The molecule has 0 unspecified atom stereocenters. The number of nitrogens with two attached hydrogens (primary N) is 1. The third-order valence-corrected chi connectivity index (χ3v) is 3.42. The lowest BCUT2D eigenvalue weighted by molar-refractivity contribution is 0.377. The minimum absolute atomic E-state index is 0.0511. The van der Waals surface area contributed by atoms with Gasteiger partial charge in [0.05, 0.1) is 10.6 Å². The van der Waals surface area contributed by atoms with Crippen molar-refractivity contribution >= 4 is 17.3 Å². The van der Waals surface area contributed by atoms with Crippen LogP contribution in [0.2, 0.25) is 5.02 Å². The lowest BCUT2D eigenvalue weighted by Gasteiger charge is -2.33. The fourth-order valence-electron chi connectivity index (χ4n) is 1.94. The van der Waals surface area contributed by atoms with Crippen LogP contribution in [-0.4, -0.2) is 19.6 Å². The minimum Gasteiger partial charge on any atom is -0.371 e. The second kappa shape index (κ2) is 6.79. The second-order valence-electron chi connectivity index (χ2n) is 5.57. The minimum atomic E-state index is 0.0511. The Kier molecular flexibility index (Phi) is 5.65. The summed E-state index contributed by atoms with van der Waals surface area (Å²) in [5.74, 6) is 0. The zero-order chi connectivity index (χ0) is 14.5. The summed E-state index contributed by atoms with van der Waals surface area (Å²) in [4.78, 5) is 2.28. The van der Waals surface area contributed by atoms with Crippen molar-refractivity contribution in [2.75, 3.05) is 24.5 Å². The van der Waals surface area contributed by atoms with Gasteiger partial charge in [-0.15, -0.1) is 0 Å². The molecule has 3 nitrogen and oxygen atoms in total. The first kappa shape index (κ1) is 15.8. The van der Waals surface area contributed by atoms with Crippen LogP contribution in [0.25, 0.3) is 0 Å². The van der Waals surface area contributed by atoms with Crippen molar-refractivity contribution in [3.63, 3.8) is 0 Å². The maximum atomic E-state index is 8.91. The van der Waals surface area contributed by atoms with E-state index in [1.807, 2.05) is 12.1 Å². The molecule has 0 aliphatic rings. The molecule has 0 aliphatic heterocycles. The zero-order valence-corrected chi connectivity index (χ0v) is 12.7. The Balaban J connectivity index is 3.00. The van der Waals surface area contributed by atoms with E-state index in [-0.39, 0.29) is 5.41 Å². The molecule has 0 fully saturated rings.